The predicted octanol–water partition coefficient (Wildman–Crippen LogP) is 5.83. The largest absolute Gasteiger partial charge is 0.460 e. The van der Waals surface area contributed by atoms with Gasteiger partial charge < -0.3 is 14.1 Å². The van der Waals surface area contributed by atoms with Crippen LogP contribution in [-0.2, 0) is 4.74 Å². The number of piperazine rings is 1. The standard InChI is InChI=1S/C22H23BrClFN4O3/c1-10-7-13-14-17(16(25)15(23)18(13)31-10)26-20(24)27-19(14)28-8-11-5-6-12(9-28)29(11)21(30)32-22(2,3)4/h7,11-12H,5-6,8-9H2,1-4H3/t11-,12+. The molecule has 2 atom stereocenters. The monoisotopic (exact) mass is 524 g/mol. The number of anilines is 1. The first kappa shape index (κ1) is 21.7. The maximum Gasteiger partial charge on any atom is 0.410 e. The van der Waals surface area contributed by atoms with Gasteiger partial charge in [-0.1, -0.05) is 0 Å². The van der Waals surface area contributed by atoms with E-state index < -0.39 is 11.4 Å². The van der Waals surface area contributed by atoms with Gasteiger partial charge in [0.05, 0.1) is 21.9 Å². The first-order chi connectivity index (χ1) is 15.0. The topological polar surface area (TPSA) is 71.7 Å². The van der Waals surface area contributed by atoms with Crippen LogP contribution < -0.4 is 4.90 Å². The Labute approximate surface area is 198 Å². The second-order valence-corrected chi connectivity index (χ2v) is 10.6. The summed E-state index contributed by atoms with van der Waals surface area (Å²) in [6, 6.07) is 1.82. The Bertz CT molecular complexity index is 1240. The SMILES string of the molecule is Cc1cc2c(o1)c(Br)c(F)c1nc(Cl)nc(N3C[C@H]4CC[C@@H](C3)N4C(=O)OC(C)(C)C)c12. The molecule has 0 radical (unpaired) electrons. The number of fused-ring (bicyclic) bond motifs is 5. The number of aromatic nitrogens is 2. The molecule has 3 aromatic rings. The highest BCUT2D eigenvalue weighted by molar-refractivity contribution is 9.10. The molecule has 0 saturated carbocycles. The number of hydrogen-bond acceptors (Lipinski definition) is 6. The molecule has 2 bridgehead atoms. The lowest BCUT2D eigenvalue weighted by atomic mass is 10.1. The van der Waals surface area contributed by atoms with Gasteiger partial charge in [-0.2, -0.15) is 4.98 Å². The highest BCUT2D eigenvalue weighted by Crippen LogP contribution is 2.42. The van der Waals surface area contributed by atoms with Crippen molar-refractivity contribution in [1.82, 2.24) is 14.9 Å². The van der Waals surface area contributed by atoms with E-state index in [2.05, 4.69) is 30.8 Å². The van der Waals surface area contributed by atoms with Crippen LogP contribution in [0.4, 0.5) is 15.0 Å². The van der Waals surface area contributed by atoms with Crippen LogP contribution in [0.1, 0.15) is 39.4 Å². The number of ether oxygens (including phenoxy) is 1. The molecule has 0 aliphatic carbocycles. The van der Waals surface area contributed by atoms with Crippen LogP contribution in [0.25, 0.3) is 21.9 Å². The van der Waals surface area contributed by atoms with E-state index in [1.165, 1.54) is 0 Å². The van der Waals surface area contributed by atoms with Crippen LogP contribution in [0, 0.1) is 12.7 Å². The van der Waals surface area contributed by atoms with Crippen LogP contribution in [0.2, 0.25) is 5.28 Å². The quantitative estimate of drug-likeness (QED) is 0.372. The molecule has 4 heterocycles. The molecule has 0 N–H and O–H groups in total. The number of rotatable bonds is 1. The molecule has 7 nitrogen and oxygen atoms in total. The summed E-state index contributed by atoms with van der Waals surface area (Å²) in [6.45, 7) is 8.50. The van der Waals surface area contributed by atoms with Crippen LogP contribution in [-0.4, -0.2) is 51.7 Å². The van der Waals surface area contributed by atoms with Crippen molar-refractivity contribution in [1.29, 1.82) is 0 Å². The van der Waals surface area contributed by atoms with E-state index in [1.54, 1.807) is 0 Å². The maximum absolute atomic E-state index is 15.2. The van der Waals surface area contributed by atoms with Crippen molar-refractivity contribution in [2.75, 3.05) is 18.0 Å². The molecule has 5 rings (SSSR count). The number of benzene rings is 1. The van der Waals surface area contributed by atoms with E-state index in [-0.39, 0.29) is 33.4 Å². The van der Waals surface area contributed by atoms with Gasteiger partial charge >= 0.3 is 6.09 Å². The summed E-state index contributed by atoms with van der Waals surface area (Å²) in [5, 5.41) is 1.26. The number of nitrogens with zero attached hydrogens (tertiary/aromatic N) is 4. The zero-order valence-electron chi connectivity index (χ0n) is 18.2. The molecule has 1 aromatic carbocycles. The van der Waals surface area contributed by atoms with Crippen molar-refractivity contribution in [3.8, 4) is 0 Å². The van der Waals surface area contributed by atoms with Gasteiger partial charge in [0.25, 0.3) is 0 Å². The first-order valence-electron chi connectivity index (χ1n) is 10.5. The van der Waals surface area contributed by atoms with E-state index >= 15 is 4.39 Å². The number of carbonyl (C=O) groups excluding carboxylic acids is 1. The molecule has 1 amide bonds. The van der Waals surface area contributed by atoms with E-state index in [1.807, 2.05) is 38.7 Å². The molecule has 2 saturated heterocycles. The smallest absolute Gasteiger partial charge is 0.410 e. The molecule has 2 aromatic heterocycles. The van der Waals surface area contributed by atoms with Crippen molar-refractivity contribution in [3.63, 3.8) is 0 Å². The molecule has 2 aliphatic rings. The fourth-order valence-electron chi connectivity index (χ4n) is 4.81. The van der Waals surface area contributed by atoms with E-state index in [0.717, 1.165) is 18.2 Å². The number of carbonyl (C=O) groups is 1. The third-order valence-electron chi connectivity index (χ3n) is 5.97. The summed E-state index contributed by atoms with van der Waals surface area (Å²) < 4.78 is 26.8. The van der Waals surface area contributed by atoms with Crippen molar-refractivity contribution in [2.45, 2.75) is 58.2 Å². The zero-order chi connectivity index (χ0) is 22.9. The predicted molar refractivity (Wildman–Crippen MR) is 124 cm³/mol. The maximum atomic E-state index is 15.2. The van der Waals surface area contributed by atoms with Gasteiger partial charge in [-0.25, -0.2) is 14.2 Å². The highest BCUT2D eigenvalue weighted by atomic mass is 79.9. The Morgan fingerprint density at radius 3 is 2.56 bits per heavy atom. The van der Waals surface area contributed by atoms with Crippen LogP contribution >= 0.6 is 27.5 Å². The minimum atomic E-state index is -0.556. The zero-order valence-corrected chi connectivity index (χ0v) is 20.5. The number of hydrogen-bond donors (Lipinski definition) is 0. The Hall–Kier alpha value is -2.13. The minimum Gasteiger partial charge on any atom is -0.460 e. The van der Waals surface area contributed by atoms with E-state index in [0.29, 0.717) is 35.6 Å². The van der Waals surface area contributed by atoms with E-state index in [9.17, 15) is 4.79 Å². The molecular formula is C22H23BrClFN4O3. The molecular weight excluding hydrogens is 503 g/mol. The number of halogens is 3. The van der Waals surface area contributed by atoms with Crippen LogP contribution in [0.15, 0.2) is 15.0 Å². The van der Waals surface area contributed by atoms with Crippen molar-refractivity contribution >= 4 is 61.3 Å². The lowest BCUT2D eigenvalue weighted by Crippen LogP contribution is -2.57. The molecule has 2 aliphatic heterocycles. The Kier molecular flexibility index (Phi) is 5.05. The number of amides is 1. The normalized spacial score (nSPS) is 21.1. The highest BCUT2D eigenvalue weighted by Gasteiger charge is 2.45. The fraction of sp³-hybridized carbons (Fsp3) is 0.500. The van der Waals surface area contributed by atoms with Gasteiger partial charge in [0.15, 0.2) is 11.4 Å². The summed E-state index contributed by atoms with van der Waals surface area (Å²) in [7, 11) is 0. The third-order valence-corrected chi connectivity index (χ3v) is 6.85. The lowest BCUT2D eigenvalue weighted by Gasteiger charge is -2.42. The van der Waals surface area contributed by atoms with Crippen molar-refractivity contribution in [3.05, 3.63) is 27.4 Å². The summed E-state index contributed by atoms with van der Waals surface area (Å²) >= 11 is 9.52. The van der Waals surface area contributed by atoms with E-state index in [4.69, 9.17) is 20.8 Å². The fourth-order valence-corrected chi connectivity index (χ4v) is 5.46. The molecule has 2 fully saturated rings. The first-order valence-corrected chi connectivity index (χ1v) is 11.7. The van der Waals surface area contributed by atoms with Gasteiger partial charge in [-0.05, 0) is 74.1 Å². The lowest BCUT2D eigenvalue weighted by molar-refractivity contribution is 0.0123. The second-order valence-electron chi connectivity index (χ2n) is 9.45. The molecule has 170 valence electrons. The number of aryl methyl sites for hydroxylation is 1. The summed E-state index contributed by atoms with van der Waals surface area (Å²) in [6.07, 6.45) is 1.45. The Morgan fingerprint density at radius 2 is 1.94 bits per heavy atom. The molecule has 0 spiro atoms. The number of furan rings is 1. The average Bonchev–Trinajstić information content (AvgIpc) is 3.21. The minimum absolute atomic E-state index is 0.0192. The van der Waals surface area contributed by atoms with Gasteiger partial charge in [0, 0.05) is 18.5 Å². The Balaban J connectivity index is 1.59. The average molecular weight is 526 g/mol. The molecule has 32 heavy (non-hydrogen) atoms. The van der Waals surface area contributed by atoms with Crippen molar-refractivity contribution < 1.29 is 18.3 Å². The summed E-state index contributed by atoms with van der Waals surface area (Å²) in [5.41, 5.74) is -0.00295. The molecule has 0 unspecified atom stereocenters. The summed E-state index contributed by atoms with van der Waals surface area (Å²) in [5.74, 6) is 0.670. The van der Waals surface area contributed by atoms with Gasteiger partial charge in [0.1, 0.15) is 22.7 Å². The van der Waals surface area contributed by atoms with Gasteiger partial charge in [-0.15, -0.1) is 0 Å². The van der Waals surface area contributed by atoms with Gasteiger partial charge in [0.2, 0.25) is 5.28 Å². The summed E-state index contributed by atoms with van der Waals surface area (Å²) in [4.78, 5) is 25.4. The second kappa shape index (κ2) is 7.45. The van der Waals surface area contributed by atoms with Gasteiger partial charge in [-0.3, -0.25) is 4.90 Å². The molecule has 10 heteroatoms. The van der Waals surface area contributed by atoms with Crippen LogP contribution in [0.5, 0.6) is 0 Å². The van der Waals surface area contributed by atoms with Crippen LogP contribution in [0.3, 0.4) is 0 Å². The third kappa shape index (κ3) is 3.50. The van der Waals surface area contributed by atoms with Crippen molar-refractivity contribution in [2.24, 2.45) is 0 Å². The Morgan fingerprint density at radius 1 is 1.28 bits per heavy atom.